The van der Waals surface area contributed by atoms with Crippen LogP contribution in [0, 0.1) is 11.8 Å². The second-order valence-electron chi connectivity index (χ2n) is 8.36. The summed E-state index contributed by atoms with van der Waals surface area (Å²) >= 11 is 0. The zero-order valence-corrected chi connectivity index (χ0v) is 15.4. The SMILES string of the molecule is O=C(CCCCC(=O)OCC1CCC2O[C@H]2C1)OCC1CCC2OC2C1. The molecule has 0 spiro atoms. The first-order valence-electron chi connectivity index (χ1n) is 10.3. The first-order valence-corrected chi connectivity index (χ1v) is 10.3. The fraction of sp³-hybridized carbons (Fsp3) is 0.900. The Bertz CT molecular complexity index is 474. The minimum absolute atomic E-state index is 0.154. The van der Waals surface area contributed by atoms with E-state index in [1.807, 2.05) is 0 Å². The first kappa shape index (κ1) is 18.2. The third-order valence-electron chi connectivity index (χ3n) is 6.20. The summed E-state index contributed by atoms with van der Waals surface area (Å²) in [6, 6.07) is 0. The standard InChI is InChI=1S/C20H30O6/c21-19(23-11-13-5-7-15-17(9-13)25-15)3-1-2-4-20(22)24-12-14-6-8-16-18(10-14)26-16/h13-18H,1-12H2/t13?,14?,15?,16?,17-,18?/m0/s1. The van der Waals surface area contributed by atoms with Gasteiger partial charge in [-0.05, 0) is 63.2 Å². The molecule has 2 saturated carbocycles. The summed E-state index contributed by atoms with van der Waals surface area (Å²) in [4.78, 5) is 23.6. The van der Waals surface area contributed by atoms with E-state index in [-0.39, 0.29) is 11.9 Å². The van der Waals surface area contributed by atoms with Crippen molar-refractivity contribution < 1.29 is 28.5 Å². The minimum atomic E-state index is -0.154. The maximum Gasteiger partial charge on any atom is 0.305 e. The number of carbonyl (C=O) groups is 2. The van der Waals surface area contributed by atoms with Gasteiger partial charge in [0, 0.05) is 12.8 Å². The van der Waals surface area contributed by atoms with Crippen LogP contribution in [0.15, 0.2) is 0 Å². The van der Waals surface area contributed by atoms with E-state index in [1.165, 1.54) is 0 Å². The van der Waals surface area contributed by atoms with Gasteiger partial charge in [-0.15, -0.1) is 0 Å². The van der Waals surface area contributed by atoms with Crippen molar-refractivity contribution in [2.24, 2.45) is 11.8 Å². The van der Waals surface area contributed by atoms with Crippen molar-refractivity contribution in [3.05, 3.63) is 0 Å². The topological polar surface area (TPSA) is 77.7 Å². The Kier molecular flexibility index (Phi) is 5.79. The lowest BCUT2D eigenvalue weighted by Gasteiger charge is -2.18. The first-order chi connectivity index (χ1) is 12.7. The van der Waals surface area contributed by atoms with E-state index < -0.39 is 0 Å². The molecule has 2 aliphatic heterocycles. The van der Waals surface area contributed by atoms with Crippen LogP contribution >= 0.6 is 0 Å². The quantitative estimate of drug-likeness (QED) is 0.355. The highest BCUT2D eigenvalue weighted by Crippen LogP contribution is 2.40. The Hall–Kier alpha value is -1.14. The zero-order chi connectivity index (χ0) is 17.9. The highest BCUT2D eigenvalue weighted by Gasteiger charge is 2.44. The molecule has 4 fully saturated rings. The molecule has 0 aromatic carbocycles. The van der Waals surface area contributed by atoms with E-state index >= 15 is 0 Å². The van der Waals surface area contributed by atoms with Crippen molar-refractivity contribution in [3.8, 4) is 0 Å². The Morgan fingerprint density at radius 3 is 1.58 bits per heavy atom. The molecule has 0 aromatic rings. The molecule has 6 nitrogen and oxygen atoms in total. The number of carbonyl (C=O) groups excluding carboxylic acids is 2. The van der Waals surface area contributed by atoms with Crippen molar-refractivity contribution in [1.29, 1.82) is 0 Å². The molecule has 0 amide bonds. The average molecular weight is 366 g/mol. The summed E-state index contributed by atoms with van der Waals surface area (Å²) in [6.07, 6.45) is 10.4. The Labute approximate surface area is 154 Å². The molecule has 26 heavy (non-hydrogen) atoms. The van der Waals surface area contributed by atoms with E-state index in [9.17, 15) is 9.59 Å². The smallest absolute Gasteiger partial charge is 0.305 e. The second kappa shape index (κ2) is 8.26. The van der Waals surface area contributed by atoms with Crippen LogP contribution in [0.3, 0.4) is 0 Å². The van der Waals surface area contributed by atoms with E-state index in [2.05, 4.69) is 0 Å². The van der Waals surface area contributed by atoms with Crippen LogP contribution < -0.4 is 0 Å². The maximum atomic E-state index is 11.8. The highest BCUT2D eigenvalue weighted by atomic mass is 16.6. The predicted molar refractivity (Wildman–Crippen MR) is 92.4 cm³/mol. The average Bonchev–Trinajstić information content (AvgIpc) is 3.55. The highest BCUT2D eigenvalue weighted by molar-refractivity contribution is 5.70. The number of ether oxygens (including phenoxy) is 4. The van der Waals surface area contributed by atoms with E-state index in [1.54, 1.807) is 0 Å². The lowest BCUT2D eigenvalue weighted by atomic mass is 9.90. The van der Waals surface area contributed by atoms with E-state index in [0.29, 0.717) is 75.1 Å². The Morgan fingerprint density at radius 1 is 0.692 bits per heavy atom. The van der Waals surface area contributed by atoms with Crippen LogP contribution in [0.2, 0.25) is 0 Å². The minimum Gasteiger partial charge on any atom is -0.465 e. The van der Waals surface area contributed by atoms with Crippen LogP contribution in [0.25, 0.3) is 0 Å². The predicted octanol–water partition coefficient (Wildman–Crippen LogP) is 2.77. The second-order valence-corrected chi connectivity index (χ2v) is 8.36. The van der Waals surface area contributed by atoms with Crippen molar-refractivity contribution in [3.63, 3.8) is 0 Å². The molecule has 146 valence electrons. The summed E-state index contributed by atoms with van der Waals surface area (Å²) in [7, 11) is 0. The summed E-state index contributed by atoms with van der Waals surface area (Å²) < 4.78 is 21.7. The molecule has 2 aliphatic carbocycles. The number of fused-ring (bicyclic) bond motifs is 2. The monoisotopic (exact) mass is 366 g/mol. The largest absolute Gasteiger partial charge is 0.465 e. The molecule has 0 radical (unpaired) electrons. The van der Waals surface area contributed by atoms with Gasteiger partial charge < -0.3 is 18.9 Å². The molecule has 0 bridgehead atoms. The van der Waals surface area contributed by atoms with Gasteiger partial charge in [0.15, 0.2) is 0 Å². The number of hydrogen-bond acceptors (Lipinski definition) is 6. The summed E-state index contributed by atoms with van der Waals surface area (Å²) in [5.41, 5.74) is 0. The fourth-order valence-corrected chi connectivity index (χ4v) is 4.38. The molecule has 0 N–H and O–H groups in total. The van der Waals surface area contributed by atoms with Crippen LogP contribution in [-0.2, 0) is 28.5 Å². The normalized spacial score (nSPS) is 37.2. The van der Waals surface area contributed by atoms with E-state index in [0.717, 1.165) is 38.5 Å². The molecule has 0 aromatic heterocycles. The number of rotatable bonds is 9. The molecule has 2 heterocycles. The Balaban J connectivity index is 0.992. The molecule has 2 saturated heterocycles. The summed E-state index contributed by atoms with van der Waals surface area (Å²) in [6.45, 7) is 1.03. The van der Waals surface area contributed by atoms with Crippen LogP contribution in [0.1, 0.15) is 64.2 Å². The lowest BCUT2D eigenvalue weighted by molar-refractivity contribution is -0.147. The van der Waals surface area contributed by atoms with Gasteiger partial charge >= 0.3 is 11.9 Å². The zero-order valence-electron chi connectivity index (χ0n) is 15.4. The maximum absolute atomic E-state index is 11.8. The number of hydrogen-bond donors (Lipinski definition) is 0. The van der Waals surface area contributed by atoms with Gasteiger partial charge in [-0.1, -0.05) is 0 Å². The number of esters is 2. The van der Waals surface area contributed by atoms with Crippen LogP contribution in [0.4, 0.5) is 0 Å². The van der Waals surface area contributed by atoms with Gasteiger partial charge in [0.1, 0.15) is 0 Å². The fourth-order valence-electron chi connectivity index (χ4n) is 4.38. The third kappa shape index (κ3) is 5.19. The van der Waals surface area contributed by atoms with Gasteiger partial charge in [0.25, 0.3) is 0 Å². The third-order valence-corrected chi connectivity index (χ3v) is 6.20. The van der Waals surface area contributed by atoms with Crippen molar-refractivity contribution in [1.82, 2.24) is 0 Å². The molecule has 4 rings (SSSR count). The molecule has 5 unspecified atom stereocenters. The number of unbranched alkanes of at least 4 members (excludes halogenated alkanes) is 1. The van der Waals surface area contributed by atoms with Crippen LogP contribution in [0.5, 0.6) is 0 Å². The van der Waals surface area contributed by atoms with Crippen LogP contribution in [-0.4, -0.2) is 49.6 Å². The summed E-state index contributed by atoms with van der Waals surface area (Å²) in [5, 5.41) is 0. The van der Waals surface area contributed by atoms with Gasteiger partial charge in [0.05, 0.1) is 37.6 Å². The molecule has 6 heteroatoms. The molecular weight excluding hydrogens is 336 g/mol. The number of epoxide rings is 2. The molecule has 6 atom stereocenters. The van der Waals surface area contributed by atoms with Gasteiger partial charge in [0.2, 0.25) is 0 Å². The van der Waals surface area contributed by atoms with Crippen molar-refractivity contribution >= 4 is 11.9 Å². The van der Waals surface area contributed by atoms with Gasteiger partial charge in [-0.2, -0.15) is 0 Å². The van der Waals surface area contributed by atoms with E-state index in [4.69, 9.17) is 18.9 Å². The molecular formula is C20H30O6. The van der Waals surface area contributed by atoms with Crippen molar-refractivity contribution in [2.75, 3.05) is 13.2 Å². The Morgan fingerprint density at radius 2 is 1.15 bits per heavy atom. The lowest BCUT2D eigenvalue weighted by Crippen LogP contribution is -2.20. The summed E-state index contributed by atoms with van der Waals surface area (Å²) in [5.74, 6) is 0.597. The van der Waals surface area contributed by atoms with Crippen molar-refractivity contribution in [2.45, 2.75) is 88.6 Å². The van der Waals surface area contributed by atoms with Gasteiger partial charge in [-0.3, -0.25) is 9.59 Å². The van der Waals surface area contributed by atoms with Gasteiger partial charge in [-0.25, -0.2) is 0 Å². The molecule has 4 aliphatic rings.